The van der Waals surface area contributed by atoms with Gasteiger partial charge in [0.05, 0.1) is 13.1 Å². The molecule has 0 aliphatic carbocycles. The molecule has 1 aromatic rings. The molecule has 0 heterocycles. The van der Waals surface area contributed by atoms with E-state index in [-0.39, 0.29) is 37.3 Å². The molecule has 1 aromatic carbocycles. The van der Waals surface area contributed by atoms with Gasteiger partial charge in [0.15, 0.2) is 0 Å². The number of rotatable bonds is 5. The molecule has 0 aliphatic heterocycles. The van der Waals surface area contributed by atoms with Gasteiger partial charge in [0.2, 0.25) is 11.8 Å². The number of carbonyl (C=O) groups is 2. The molecule has 0 unspecified atom stereocenters. The maximum atomic E-state index is 11.8. The maximum Gasteiger partial charge on any atom is 0.243 e. The highest BCUT2D eigenvalue weighted by atomic mass is 35.5. The lowest BCUT2D eigenvalue weighted by Crippen LogP contribution is -2.38. The Morgan fingerprint density at radius 2 is 1.95 bits per heavy atom. The second kappa shape index (κ2) is 8.50. The predicted octanol–water partition coefficient (Wildman–Crippen LogP) is 1.03. The standard InChI is InChI=1S/C13H19N3O2.ClH/c1-3-10-6-4-5-7-11(10)15-12(17)9-16(2)13(18)8-14;/h4-7H,3,8-9,14H2,1-2H3,(H,15,17);1H. The second-order valence-electron chi connectivity index (χ2n) is 4.01. The first-order valence-electron chi connectivity index (χ1n) is 5.90. The Kier molecular flexibility index (Phi) is 7.79. The Balaban J connectivity index is 0.00000324. The lowest BCUT2D eigenvalue weighted by Gasteiger charge is -2.16. The Hall–Kier alpha value is -1.59. The van der Waals surface area contributed by atoms with Crippen LogP contribution in [0, 0.1) is 0 Å². The van der Waals surface area contributed by atoms with Crippen LogP contribution in [0.3, 0.4) is 0 Å². The molecule has 0 radical (unpaired) electrons. The zero-order valence-corrected chi connectivity index (χ0v) is 12.0. The van der Waals surface area contributed by atoms with E-state index in [9.17, 15) is 9.59 Å². The van der Waals surface area contributed by atoms with E-state index in [4.69, 9.17) is 5.73 Å². The SMILES string of the molecule is CCc1ccccc1NC(=O)CN(C)C(=O)CN.Cl. The molecule has 3 N–H and O–H groups in total. The first-order valence-corrected chi connectivity index (χ1v) is 5.90. The number of anilines is 1. The van der Waals surface area contributed by atoms with E-state index in [0.717, 1.165) is 17.7 Å². The molecule has 2 amide bonds. The highest BCUT2D eigenvalue weighted by molar-refractivity contribution is 5.95. The van der Waals surface area contributed by atoms with Crippen LogP contribution in [0.1, 0.15) is 12.5 Å². The summed E-state index contributed by atoms with van der Waals surface area (Å²) in [5, 5.41) is 2.80. The van der Waals surface area contributed by atoms with Crippen molar-refractivity contribution in [3.05, 3.63) is 29.8 Å². The predicted molar refractivity (Wildman–Crippen MR) is 78.4 cm³/mol. The number of carbonyl (C=O) groups excluding carboxylic acids is 2. The number of para-hydroxylation sites is 1. The average Bonchev–Trinajstić information content (AvgIpc) is 2.38. The summed E-state index contributed by atoms with van der Waals surface area (Å²) in [6, 6.07) is 7.61. The van der Waals surface area contributed by atoms with Crippen LogP contribution in [0.25, 0.3) is 0 Å². The summed E-state index contributed by atoms with van der Waals surface area (Å²) in [4.78, 5) is 24.3. The summed E-state index contributed by atoms with van der Waals surface area (Å²) in [5.74, 6) is -0.478. The Bertz CT molecular complexity index is 438. The summed E-state index contributed by atoms with van der Waals surface area (Å²) in [6.07, 6.45) is 0.841. The number of nitrogens with one attached hydrogen (secondary N) is 1. The minimum absolute atomic E-state index is 0. The van der Waals surface area contributed by atoms with Gasteiger partial charge in [-0.1, -0.05) is 25.1 Å². The number of amides is 2. The van der Waals surface area contributed by atoms with Crippen molar-refractivity contribution in [3.63, 3.8) is 0 Å². The van der Waals surface area contributed by atoms with Crippen molar-refractivity contribution in [2.45, 2.75) is 13.3 Å². The Morgan fingerprint density at radius 1 is 1.32 bits per heavy atom. The van der Waals surface area contributed by atoms with Crippen LogP contribution in [-0.2, 0) is 16.0 Å². The number of nitrogens with two attached hydrogens (primary N) is 1. The lowest BCUT2D eigenvalue weighted by molar-refractivity contribution is -0.132. The number of likely N-dealkylation sites (N-methyl/N-ethyl adjacent to an activating group) is 1. The van der Waals surface area contributed by atoms with Gasteiger partial charge in [0, 0.05) is 12.7 Å². The third-order valence-corrected chi connectivity index (χ3v) is 2.65. The van der Waals surface area contributed by atoms with Crippen molar-refractivity contribution in [3.8, 4) is 0 Å². The minimum Gasteiger partial charge on any atom is -0.335 e. The first-order chi connectivity index (χ1) is 8.58. The normalized spacial score (nSPS) is 9.42. The highest BCUT2D eigenvalue weighted by Gasteiger charge is 2.12. The molecule has 0 atom stereocenters. The first kappa shape index (κ1) is 17.4. The van der Waals surface area contributed by atoms with Crippen molar-refractivity contribution >= 4 is 29.9 Å². The van der Waals surface area contributed by atoms with E-state index in [2.05, 4.69) is 5.32 Å². The fourth-order valence-electron chi connectivity index (χ4n) is 1.60. The quantitative estimate of drug-likeness (QED) is 0.848. The molecule has 0 saturated carbocycles. The number of nitrogens with zero attached hydrogens (tertiary/aromatic N) is 1. The number of aryl methyl sites for hydroxylation is 1. The maximum absolute atomic E-state index is 11.8. The van der Waals surface area contributed by atoms with Crippen LogP contribution in [0.4, 0.5) is 5.69 Å². The lowest BCUT2D eigenvalue weighted by atomic mass is 10.1. The molecule has 6 heteroatoms. The van der Waals surface area contributed by atoms with Gasteiger partial charge in [0.1, 0.15) is 0 Å². The molecule has 1 rings (SSSR count). The molecule has 0 fully saturated rings. The van der Waals surface area contributed by atoms with Crippen molar-refractivity contribution in [2.24, 2.45) is 5.73 Å². The van der Waals surface area contributed by atoms with Gasteiger partial charge in [-0.25, -0.2) is 0 Å². The van der Waals surface area contributed by atoms with Crippen LogP contribution in [0.15, 0.2) is 24.3 Å². The molecular weight excluding hydrogens is 266 g/mol. The topological polar surface area (TPSA) is 75.4 Å². The van der Waals surface area contributed by atoms with Crippen LogP contribution in [0.5, 0.6) is 0 Å². The fourth-order valence-corrected chi connectivity index (χ4v) is 1.60. The van der Waals surface area contributed by atoms with E-state index < -0.39 is 0 Å². The van der Waals surface area contributed by atoms with Crippen molar-refractivity contribution < 1.29 is 9.59 Å². The molecule has 0 saturated heterocycles. The Morgan fingerprint density at radius 3 is 2.53 bits per heavy atom. The Labute approximate surface area is 119 Å². The molecule has 5 nitrogen and oxygen atoms in total. The van der Waals surface area contributed by atoms with Gasteiger partial charge in [-0.3, -0.25) is 9.59 Å². The fraction of sp³-hybridized carbons (Fsp3) is 0.385. The van der Waals surface area contributed by atoms with Crippen LogP contribution >= 0.6 is 12.4 Å². The number of benzene rings is 1. The summed E-state index contributed by atoms with van der Waals surface area (Å²) >= 11 is 0. The molecule has 0 bridgehead atoms. The molecule has 19 heavy (non-hydrogen) atoms. The van der Waals surface area contributed by atoms with E-state index >= 15 is 0 Å². The number of halogens is 1. The highest BCUT2D eigenvalue weighted by Crippen LogP contribution is 2.15. The van der Waals surface area contributed by atoms with Crippen LogP contribution in [0.2, 0.25) is 0 Å². The summed E-state index contributed by atoms with van der Waals surface area (Å²) in [5.41, 5.74) is 7.08. The van der Waals surface area contributed by atoms with Gasteiger partial charge < -0.3 is 16.0 Å². The van der Waals surface area contributed by atoms with Gasteiger partial charge in [-0.05, 0) is 18.1 Å². The van der Waals surface area contributed by atoms with E-state index in [1.807, 2.05) is 31.2 Å². The summed E-state index contributed by atoms with van der Waals surface area (Å²) < 4.78 is 0. The smallest absolute Gasteiger partial charge is 0.243 e. The second-order valence-corrected chi connectivity index (χ2v) is 4.01. The van der Waals surface area contributed by atoms with E-state index in [1.165, 1.54) is 4.90 Å². The molecule has 0 aliphatic rings. The molecule has 106 valence electrons. The summed E-state index contributed by atoms with van der Waals surface area (Å²) in [7, 11) is 1.56. The third kappa shape index (κ3) is 5.28. The zero-order valence-electron chi connectivity index (χ0n) is 11.2. The average molecular weight is 286 g/mol. The number of hydrogen-bond acceptors (Lipinski definition) is 3. The van der Waals surface area contributed by atoms with Crippen molar-refractivity contribution in [1.29, 1.82) is 0 Å². The monoisotopic (exact) mass is 285 g/mol. The largest absolute Gasteiger partial charge is 0.335 e. The van der Waals surface area contributed by atoms with Gasteiger partial charge in [-0.2, -0.15) is 0 Å². The molecule has 0 spiro atoms. The van der Waals surface area contributed by atoms with Crippen LogP contribution in [-0.4, -0.2) is 36.9 Å². The molecular formula is C13H20ClN3O2. The van der Waals surface area contributed by atoms with Crippen molar-refractivity contribution in [1.82, 2.24) is 4.90 Å². The van der Waals surface area contributed by atoms with Gasteiger partial charge in [0.25, 0.3) is 0 Å². The summed E-state index contributed by atoms with van der Waals surface area (Å²) in [6.45, 7) is 1.94. The molecule has 0 aromatic heterocycles. The van der Waals surface area contributed by atoms with Crippen LogP contribution < -0.4 is 11.1 Å². The van der Waals surface area contributed by atoms with E-state index in [1.54, 1.807) is 7.05 Å². The van der Waals surface area contributed by atoms with Gasteiger partial charge in [-0.15, -0.1) is 12.4 Å². The van der Waals surface area contributed by atoms with Gasteiger partial charge >= 0.3 is 0 Å². The number of hydrogen-bond donors (Lipinski definition) is 2. The zero-order chi connectivity index (χ0) is 13.5. The van der Waals surface area contributed by atoms with Crippen molar-refractivity contribution in [2.75, 3.05) is 25.5 Å². The third-order valence-electron chi connectivity index (χ3n) is 2.65. The minimum atomic E-state index is -0.256. The van der Waals surface area contributed by atoms with E-state index in [0.29, 0.717) is 0 Å².